The normalized spacial score (nSPS) is 18.8. The van der Waals surface area contributed by atoms with Crippen LogP contribution in [0.5, 0.6) is 0 Å². The Morgan fingerprint density at radius 2 is 2.39 bits per heavy atom. The van der Waals surface area contributed by atoms with Crippen LogP contribution in [0.2, 0.25) is 0 Å². The molecule has 0 saturated heterocycles. The minimum atomic E-state index is 0.234. The summed E-state index contributed by atoms with van der Waals surface area (Å²) in [4.78, 5) is 0. The van der Waals surface area contributed by atoms with E-state index < -0.39 is 0 Å². The highest BCUT2D eigenvalue weighted by molar-refractivity contribution is 5.04. The third-order valence-corrected chi connectivity index (χ3v) is 3.56. The van der Waals surface area contributed by atoms with Crippen molar-refractivity contribution < 1.29 is 4.74 Å². The lowest BCUT2D eigenvalue weighted by Crippen LogP contribution is -2.46. The van der Waals surface area contributed by atoms with E-state index in [4.69, 9.17) is 10.6 Å². The van der Waals surface area contributed by atoms with E-state index in [0.717, 1.165) is 19.4 Å². The maximum atomic E-state index is 5.85. The van der Waals surface area contributed by atoms with Crippen LogP contribution in [0, 0.1) is 5.92 Å². The number of hydrogen-bond acceptors (Lipinski definition) is 4. The Kier molecular flexibility index (Phi) is 4.74. The molecule has 0 aliphatic heterocycles. The fourth-order valence-corrected chi connectivity index (χ4v) is 2.46. The first kappa shape index (κ1) is 13.5. The molecule has 1 aromatic heterocycles. The van der Waals surface area contributed by atoms with Gasteiger partial charge in [-0.05, 0) is 44.1 Å². The van der Waals surface area contributed by atoms with Gasteiger partial charge in [0.05, 0.1) is 12.3 Å². The van der Waals surface area contributed by atoms with E-state index in [1.807, 2.05) is 24.9 Å². The van der Waals surface area contributed by atoms with E-state index in [9.17, 15) is 0 Å². The summed E-state index contributed by atoms with van der Waals surface area (Å²) in [5.74, 6) is 6.38. The first-order valence-electron chi connectivity index (χ1n) is 6.79. The minimum absolute atomic E-state index is 0.234. The Hall–Kier alpha value is -0.910. The second-order valence-corrected chi connectivity index (χ2v) is 5.09. The predicted molar refractivity (Wildman–Crippen MR) is 70.8 cm³/mol. The highest BCUT2D eigenvalue weighted by Gasteiger charge is 2.36. The monoisotopic (exact) mass is 252 g/mol. The molecule has 0 bridgehead atoms. The first-order valence-corrected chi connectivity index (χ1v) is 6.79. The van der Waals surface area contributed by atoms with Crippen LogP contribution in [0.3, 0.4) is 0 Å². The molecule has 1 saturated carbocycles. The largest absolute Gasteiger partial charge is 0.377 e. The quantitative estimate of drug-likeness (QED) is 0.535. The summed E-state index contributed by atoms with van der Waals surface area (Å²) >= 11 is 0. The van der Waals surface area contributed by atoms with Gasteiger partial charge in [-0.2, -0.15) is 5.10 Å². The fourth-order valence-electron chi connectivity index (χ4n) is 2.46. The lowest BCUT2D eigenvalue weighted by molar-refractivity contribution is 0.0170. The van der Waals surface area contributed by atoms with Crippen LogP contribution in [0.4, 0.5) is 0 Å². The van der Waals surface area contributed by atoms with Crippen molar-refractivity contribution in [3.05, 3.63) is 18.0 Å². The van der Waals surface area contributed by atoms with E-state index in [2.05, 4.69) is 16.7 Å². The number of nitrogens with zero attached hydrogens (tertiary/aromatic N) is 2. The number of ether oxygens (including phenoxy) is 1. The van der Waals surface area contributed by atoms with E-state index >= 15 is 0 Å². The molecule has 0 radical (unpaired) electrons. The number of hydrazine groups is 1. The number of hydrogen-bond donors (Lipinski definition) is 2. The van der Waals surface area contributed by atoms with Gasteiger partial charge in [0.15, 0.2) is 0 Å². The zero-order valence-electron chi connectivity index (χ0n) is 11.3. The summed E-state index contributed by atoms with van der Waals surface area (Å²) in [6.07, 6.45) is 8.76. The molecule has 3 N–H and O–H groups in total. The molecule has 1 fully saturated rings. The maximum absolute atomic E-state index is 5.85. The summed E-state index contributed by atoms with van der Waals surface area (Å²) < 4.78 is 7.68. The van der Waals surface area contributed by atoms with Gasteiger partial charge < -0.3 is 4.74 Å². The van der Waals surface area contributed by atoms with Gasteiger partial charge in [0.1, 0.15) is 0 Å². The number of aryl methyl sites for hydroxylation is 2. The molecule has 0 spiro atoms. The molecule has 1 aromatic rings. The van der Waals surface area contributed by atoms with Crippen molar-refractivity contribution in [2.75, 3.05) is 6.61 Å². The van der Waals surface area contributed by atoms with Crippen molar-refractivity contribution in [3.8, 4) is 0 Å². The molecule has 18 heavy (non-hydrogen) atoms. The Labute approximate surface area is 109 Å². The lowest BCUT2D eigenvalue weighted by atomic mass is 10.00. The van der Waals surface area contributed by atoms with Gasteiger partial charge in [-0.15, -0.1) is 0 Å². The van der Waals surface area contributed by atoms with Crippen LogP contribution in [-0.2, 0) is 18.2 Å². The van der Waals surface area contributed by atoms with Gasteiger partial charge in [0.25, 0.3) is 0 Å². The first-order chi connectivity index (χ1) is 8.74. The average Bonchev–Trinajstić information content (AvgIpc) is 3.12. The van der Waals surface area contributed by atoms with E-state index in [-0.39, 0.29) is 12.1 Å². The van der Waals surface area contributed by atoms with Crippen LogP contribution in [-0.4, -0.2) is 28.5 Å². The number of nitrogens with two attached hydrogens (primary N) is 1. The van der Waals surface area contributed by atoms with Gasteiger partial charge in [-0.25, -0.2) is 0 Å². The SMILES string of the molecule is CCOC(C1CC1)C(CCc1cnn(C)c1)NN. The average molecular weight is 252 g/mol. The molecule has 5 heteroatoms. The Morgan fingerprint density at radius 1 is 1.61 bits per heavy atom. The third kappa shape index (κ3) is 3.54. The van der Waals surface area contributed by atoms with Crippen LogP contribution < -0.4 is 11.3 Å². The van der Waals surface area contributed by atoms with Gasteiger partial charge in [-0.1, -0.05) is 0 Å². The van der Waals surface area contributed by atoms with Gasteiger partial charge >= 0.3 is 0 Å². The second-order valence-electron chi connectivity index (χ2n) is 5.09. The van der Waals surface area contributed by atoms with Crippen molar-refractivity contribution in [3.63, 3.8) is 0 Å². The second kappa shape index (κ2) is 6.31. The molecule has 1 aliphatic carbocycles. The molecule has 1 aliphatic rings. The smallest absolute Gasteiger partial charge is 0.0769 e. The zero-order valence-corrected chi connectivity index (χ0v) is 11.3. The summed E-state index contributed by atoms with van der Waals surface area (Å²) in [5.41, 5.74) is 4.19. The van der Waals surface area contributed by atoms with Crippen LogP contribution in [0.25, 0.3) is 0 Å². The number of aromatic nitrogens is 2. The molecule has 2 rings (SSSR count). The predicted octanol–water partition coefficient (Wildman–Crippen LogP) is 1.000. The molecule has 0 amide bonds. The van der Waals surface area contributed by atoms with Crippen molar-refractivity contribution in [2.45, 2.75) is 44.8 Å². The van der Waals surface area contributed by atoms with E-state index in [1.165, 1.54) is 18.4 Å². The molecular formula is C13H24N4O. The third-order valence-electron chi connectivity index (χ3n) is 3.56. The molecule has 5 nitrogen and oxygen atoms in total. The van der Waals surface area contributed by atoms with Crippen LogP contribution in [0.15, 0.2) is 12.4 Å². The number of rotatable bonds is 8. The molecule has 0 aromatic carbocycles. The summed E-state index contributed by atoms with van der Waals surface area (Å²) in [6, 6.07) is 0.234. The van der Waals surface area contributed by atoms with Gasteiger partial charge in [-0.3, -0.25) is 16.0 Å². The molecule has 2 unspecified atom stereocenters. The van der Waals surface area contributed by atoms with Crippen molar-refractivity contribution in [1.29, 1.82) is 0 Å². The van der Waals surface area contributed by atoms with Gasteiger partial charge in [0, 0.05) is 25.9 Å². The zero-order chi connectivity index (χ0) is 13.0. The molecule has 1 heterocycles. The van der Waals surface area contributed by atoms with E-state index in [0.29, 0.717) is 5.92 Å². The maximum Gasteiger partial charge on any atom is 0.0769 e. The topological polar surface area (TPSA) is 65.1 Å². The molecule has 2 atom stereocenters. The van der Waals surface area contributed by atoms with Crippen molar-refractivity contribution in [1.82, 2.24) is 15.2 Å². The van der Waals surface area contributed by atoms with Gasteiger partial charge in [0.2, 0.25) is 0 Å². The Morgan fingerprint density at radius 3 is 2.89 bits per heavy atom. The van der Waals surface area contributed by atoms with Crippen molar-refractivity contribution >= 4 is 0 Å². The standard InChI is InChI=1S/C13H24N4O/c1-3-18-13(11-5-6-11)12(16-14)7-4-10-8-15-17(2)9-10/h8-9,11-13,16H,3-7,14H2,1-2H3. The molecular weight excluding hydrogens is 228 g/mol. The van der Waals surface area contributed by atoms with Crippen LogP contribution >= 0.6 is 0 Å². The molecule has 102 valence electrons. The highest BCUT2D eigenvalue weighted by Crippen LogP contribution is 2.36. The lowest BCUT2D eigenvalue weighted by Gasteiger charge is -2.26. The van der Waals surface area contributed by atoms with E-state index in [1.54, 1.807) is 0 Å². The Balaban J connectivity index is 1.87. The number of nitrogens with one attached hydrogen (secondary N) is 1. The highest BCUT2D eigenvalue weighted by atomic mass is 16.5. The summed E-state index contributed by atoms with van der Waals surface area (Å²) in [5, 5.41) is 4.18. The minimum Gasteiger partial charge on any atom is -0.377 e. The fraction of sp³-hybridized carbons (Fsp3) is 0.769. The van der Waals surface area contributed by atoms with Crippen LogP contribution in [0.1, 0.15) is 31.7 Å². The van der Waals surface area contributed by atoms with Crippen molar-refractivity contribution in [2.24, 2.45) is 18.8 Å². The Bertz CT molecular complexity index is 362. The summed E-state index contributed by atoms with van der Waals surface area (Å²) in [6.45, 7) is 2.80. The summed E-state index contributed by atoms with van der Waals surface area (Å²) in [7, 11) is 1.94.